The highest BCUT2D eigenvalue weighted by Gasteiger charge is 2.39. The van der Waals surface area contributed by atoms with Gasteiger partial charge < -0.3 is 14.6 Å². The molecule has 1 aromatic carbocycles. The Balaban J connectivity index is 3.26. The summed E-state index contributed by atoms with van der Waals surface area (Å²) in [6, 6.07) is 3.51. The van der Waals surface area contributed by atoms with Crippen molar-refractivity contribution in [3.8, 4) is 5.75 Å². The van der Waals surface area contributed by atoms with Crippen LogP contribution in [0.1, 0.15) is 24.5 Å². The van der Waals surface area contributed by atoms with Gasteiger partial charge in [0.15, 0.2) is 0 Å². The van der Waals surface area contributed by atoms with E-state index in [1.54, 1.807) is 0 Å². The number of rotatable bonds is 5. The summed E-state index contributed by atoms with van der Waals surface area (Å²) in [4.78, 5) is 0. The molecule has 0 bridgehead atoms. The molecule has 1 rings (SSSR count). The van der Waals surface area contributed by atoms with E-state index in [1.807, 2.05) is 0 Å². The molecule has 0 heterocycles. The molecule has 0 saturated carbocycles. The number of aliphatic hydroxyl groups is 1. The smallest absolute Gasteiger partial charge is 0.416 e. The Kier molecular flexibility index (Phi) is 4.81. The topological polar surface area (TPSA) is 38.7 Å². The van der Waals surface area contributed by atoms with Gasteiger partial charge in [0.05, 0.1) is 18.3 Å². The van der Waals surface area contributed by atoms with Crippen LogP contribution in [0.2, 0.25) is 0 Å². The predicted octanol–water partition coefficient (Wildman–Crippen LogP) is 2.96. The van der Waals surface area contributed by atoms with Crippen LogP contribution in [0.25, 0.3) is 0 Å². The largest absolute Gasteiger partial charge is 0.497 e. The Morgan fingerprint density at radius 1 is 1.16 bits per heavy atom. The third kappa shape index (κ3) is 3.84. The number of ether oxygens (including phenoxy) is 2. The maximum atomic E-state index is 13.0. The lowest BCUT2D eigenvalue weighted by Gasteiger charge is -2.27. The molecule has 108 valence electrons. The van der Waals surface area contributed by atoms with Crippen molar-refractivity contribution in [3.63, 3.8) is 0 Å². The molecular weight excluding hydrogens is 261 g/mol. The molecule has 1 aromatic rings. The second kappa shape index (κ2) is 5.79. The first-order valence-corrected chi connectivity index (χ1v) is 5.69. The highest BCUT2D eigenvalue weighted by Crippen LogP contribution is 2.39. The van der Waals surface area contributed by atoms with Gasteiger partial charge >= 0.3 is 6.18 Å². The molecule has 0 aromatic heterocycles. The average Bonchev–Trinajstić information content (AvgIpc) is 2.34. The number of hydrogen-bond acceptors (Lipinski definition) is 3. The molecule has 0 aliphatic rings. The standard InChI is InChI=1S/C13H17F3O3/c1-12(17,6-7-18-2)10-5-4-9(19-3)8-11(10)13(14,15)16/h4-5,8,17H,6-7H2,1-3H3/t12-/m0/s1. The minimum absolute atomic E-state index is 0.0684. The second-order valence-electron chi connectivity index (χ2n) is 4.43. The molecule has 6 heteroatoms. The fourth-order valence-electron chi connectivity index (χ4n) is 1.79. The van der Waals surface area contributed by atoms with Crippen molar-refractivity contribution in [1.82, 2.24) is 0 Å². The highest BCUT2D eigenvalue weighted by molar-refractivity contribution is 5.40. The molecule has 0 fully saturated rings. The van der Waals surface area contributed by atoms with Gasteiger partial charge in [-0.15, -0.1) is 0 Å². The summed E-state index contributed by atoms with van der Waals surface area (Å²) >= 11 is 0. The molecule has 0 aliphatic carbocycles. The van der Waals surface area contributed by atoms with Gasteiger partial charge in [0, 0.05) is 20.1 Å². The van der Waals surface area contributed by atoms with E-state index < -0.39 is 17.3 Å². The molecular formula is C13H17F3O3. The zero-order chi connectivity index (χ0) is 14.7. The average molecular weight is 278 g/mol. The van der Waals surface area contributed by atoms with Crippen molar-refractivity contribution in [2.45, 2.75) is 25.1 Å². The van der Waals surface area contributed by atoms with E-state index in [9.17, 15) is 18.3 Å². The molecule has 1 atom stereocenters. The molecule has 1 N–H and O–H groups in total. The maximum absolute atomic E-state index is 13.0. The first-order valence-electron chi connectivity index (χ1n) is 5.69. The molecule has 0 aliphatic heterocycles. The lowest BCUT2D eigenvalue weighted by Crippen LogP contribution is -2.27. The van der Waals surface area contributed by atoms with Crippen LogP contribution in [0.3, 0.4) is 0 Å². The summed E-state index contributed by atoms with van der Waals surface area (Å²) in [7, 11) is 2.72. The SMILES string of the molecule is COCC[C@](C)(O)c1ccc(OC)cc1C(F)(F)F. The number of hydrogen-bond donors (Lipinski definition) is 1. The second-order valence-corrected chi connectivity index (χ2v) is 4.43. The van der Waals surface area contributed by atoms with Gasteiger partial charge in [0.25, 0.3) is 0 Å². The van der Waals surface area contributed by atoms with Crippen molar-refractivity contribution in [3.05, 3.63) is 29.3 Å². The molecule has 19 heavy (non-hydrogen) atoms. The summed E-state index contributed by atoms with van der Waals surface area (Å²) in [5.41, 5.74) is -2.70. The molecule has 0 amide bonds. The Labute approximate surface area is 110 Å². The molecule has 0 unspecified atom stereocenters. The van der Waals surface area contributed by atoms with Crippen LogP contribution in [0.5, 0.6) is 5.75 Å². The van der Waals surface area contributed by atoms with Gasteiger partial charge in [-0.25, -0.2) is 0 Å². The van der Waals surface area contributed by atoms with Crippen LogP contribution in [0.15, 0.2) is 18.2 Å². The Morgan fingerprint density at radius 3 is 2.26 bits per heavy atom. The molecule has 0 spiro atoms. The van der Waals surface area contributed by atoms with Gasteiger partial charge in [-0.1, -0.05) is 6.07 Å². The van der Waals surface area contributed by atoms with Gasteiger partial charge in [0.1, 0.15) is 5.75 Å². The van der Waals surface area contributed by atoms with Crippen LogP contribution >= 0.6 is 0 Å². The fourth-order valence-corrected chi connectivity index (χ4v) is 1.79. The quantitative estimate of drug-likeness (QED) is 0.900. The predicted molar refractivity (Wildman–Crippen MR) is 64.1 cm³/mol. The van der Waals surface area contributed by atoms with E-state index in [1.165, 1.54) is 33.3 Å². The monoisotopic (exact) mass is 278 g/mol. The summed E-state index contributed by atoms with van der Waals surface area (Å²) in [6.45, 7) is 1.50. The van der Waals surface area contributed by atoms with Gasteiger partial charge in [-0.05, 0) is 24.6 Å². The summed E-state index contributed by atoms with van der Waals surface area (Å²) in [5, 5.41) is 10.2. The van der Waals surface area contributed by atoms with E-state index in [2.05, 4.69) is 0 Å². The molecule has 3 nitrogen and oxygen atoms in total. The van der Waals surface area contributed by atoms with Crippen LogP contribution in [0.4, 0.5) is 13.2 Å². The minimum atomic E-state index is -4.55. The van der Waals surface area contributed by atoms with E-state index in [0.29, 0.717) is 0 Å². The first-order chi connectivity index (χ1) is 8.72. The molecule has 0 saturated heterocycles. The van der Waals surface area contributed by atoms with Crippen molar-refractivity contribution < 1.29 is 27.8 Å². The summed E-state index contributed by atoms with van der Waals surface area (Å²) in [6.07, 6.45) is -4.49. The van der Waals surface area contributed by atoms with Crippen LogP contribution in [-0.2, 0) is 16.5 Å². The Hall–Kier alpha value is -1.27. The van der Waals surface area contributed by atoms with Crippen molar-refractivity contribution >= 4 is 0 Å². The van der Waals surface area contributed by atoms with Gasteiger partial charge in [-0.2, -0.15) is 13.2 Å². The molecule has 0 radical (unpaired) electrons. The zero-order valence-corrected chi connectivity index (χ0v) is 11.0. The summed E-state index contributed by atoms with van der Waals surface area (Å²) in [5.74, 6) is 0.0959. The normalized spacial score (nSPS) is 15.1. The lowest BCUT2D eigenvalue weighted by atomic mass is 9.88. The van der Waals surface area contributed by atoms with E-state index >= 15 is 0 Å². The van der Waals surface area contributed by atoms with E-state index in [4.69, 9.17) is 9.47 Å². The van der Waals surface area contributed by atoms with Crippen LogP contribution in [-0.4, -0.2) is 25.9 Å². The number of benzene rings is 1. The van der Waals surface area contributed by atoms with Crippen LogP contribution < -0.4 is 4.74 Å². The van der Waals surface area contributed by atoms with Gasteiger partial charge in [-0.3, -0.25) is 0 Å². The van der Waals surface area contributed by atoms with Crippen LogP contribution in [0, 0.1) is 0 Å². The van der Waals surface area contributed by atoms with Crippen molar-refractivity contribution in [2.24, 2.45) is 0 Å². The third-order valence-corrected chi connectivity index (χ3v) is 2.91. The van der Waals surface area contributed by atoms with E-state index in [-0.39, 0.29) is 24.3 Å². The lowest BCUT2D eigenvalue weighted by molar-refractivity contribution is -0.140. The number of alkyl halides is 3. The van der Waals surface area contributed by atoms with Crippen molar-refractivity contribution in [2.75, 3.05) is 20.8 Å². The minimum Gasteiger partial charge on any atom is -0.497 e. The highest BCUT2D eigenvalue weighted by atomic mass is 19.4. The van der Waals surface area contributed by atoms with E-state index in [0.717, 1.165) is 6.07 Å². The maximum Gasteiger partial charge on any atom is 0.416 e. The number of halogens is 3. The first kappa shape index (κ1) is 15.8. The fraction of sp³-hybridized carbons (Fsp3) is 0.538. The Morgan fingerprint density at radius 2 is 1.79 bits per heavy atom. The van der Waals surface area contributed by atoms with Gasteiger partial charge in [0.2, 0.25) is 0 Å². The zero-order valence-electron chi connectivity index (χ0n) is 11.0. The third-order valence-electron chi connectivity index (χ3n) is 2.91. The number of methoxy groups -OCH3 is 2. The summed E-state index contributed by atoms with van der Waals surface area (Å²) < 4.78 is 48.7. The Bertz CT molecular complexity index is 428. The van der Waals surface area contributed by atoms with Crippen molar-refractivity contribution in [1.29, 1.82) is 0 Å².